The number of carbonyl (C=O) groups excluding carboxylic acids is 1. The molecular formula is C12H22N2O3. The van der Waals surface area contributed by atoms with Crippen LogP contribution >= 0.6 is 0 Å². The normalized spacial score (nSPS) is 26.1. The monoisotopic (exact) mass is 242 g/mol. The SMILES string of the molecule is O=C(N1CCOCC1)N1CCCCC1CCO. The quantitative estimate of drug-likeness (QED) is 0.774. The lowest BCUT2D eigenvalue weighted by Crippen LogP contribution is -2.53. The average Bonchev–Trinajstić information content (AvgIpc) is 2.40. The van der Waals surface area contributed by atoms with Crippen LogP contribution in [0.3, 0.4) is 0 Å². The first-order chi connectivity index (χ1) is 8.33. The molecule has 0 bridgehead atoms. The summed E-state index contributed by atoms with van der Waals surface area (Å²) in [5.74, 6) is 0. The molecule has 2 rings (SSSR count). The van der Waals surface area contributed by atoms with Crippen LogP contribution in [0.25, 0.3) is 0 Å². The highest BCUT2D eigenvalue weighted by Crippen LogP contribution is 2.21. The maximum Gasteiger partial charge on any atom is 0.320 e. The number of aliphatic hydroxyl groups excluding tert-OH is 1. The summed E-state index contributed by atoms with van der Waals surface area (Å²) >= 11 is 0. The van der Waals surface area contributed by atoms with Gasteiger partial charge >= 0.3 is 6.03 Å². The number of piperidine rings is 1. The second kappa shape index (κ2) is 6.21. The third-order valence-corrected chi connectivity index (χ3v) is 3.62. The van der Waals surface area contributed by atoms with Crippen molar-refractivity contribution in [1.29, 1.82) is 0 Å². The number of rotatable bonds is 2. The van der Waals surface area contributed by atoms with Crippen molar-refractivity contribution in [3.63, 3.8) is 0 Å². The number of likely N-dealkylation sites (tertiary alicyclic amines) is 1. The zero-order valence-electron chi connectivity index (χ0n) is 10.3. The lowest BCUT2D eigenvalue weighted by molar-refractivity contribution is 0.0336. The molecule has 0 radical (unpaired) electrons. The van der Waals surface area contributed by atoms with Crippen molar-refractivity contribution in [2.24, 2.45) is 0 Å². The van der Waals surface area contributed by atoms with Crippen molar-refractivity contribution in [3.8, 4) is 0 Å². The van der Waals surface area contributed by atoms with Crippen molar-refractivity contribution in [1.82, 2.24) is 9.80 Å². The predicted molar refractivity (Wildman–Crippen MR) is 63.8 cm³/mol. The molecule has 5 nitrogen and oxygen atoms in total. The summed E-state index contributed by atoms with van der Waals surface area (Å²) in [6.07, 6.45) is 3.97. The van der Waals surface area contributed by atoms with Crippen molar-refractivity contribution >= 4 is 6.03 Å². The van der Waals surface area contributed by atoms with Crippen molar-refractivity contribution in [2.45, 2.75) is 31.7 Å². The van der Waals surface area contributed by atoms with E-state index in [1.807, 2.05) is 9.80 Å². The number of urea groups is 1. The van der Waals surface area contributed by atoms with Crippen LogP contribution in [0.15, 0.2) is 0 Å². The highest BCUT2D eigenvalue weighted by atomic mass is 16.5. The van der Waals surface area contributed by atoms with Gasteiger partial charge in [-0.05, 0) is 25.7 Å². The molecule has 0 aromatic rings. The second-order valence-corrected chi connectivity index (χ2v) is 4.74. The first-order valence-corrected chi connectivity index (χ1v) is 6.57. The number of carbonyl (C=O) groups is 1. The molecule has 1 atom stereocenters. The lowest BCUT2D eigenvalue weighted by atomic mass is 10.00. The van der Waals surface area contributed by atoms with Crippen LogP contribution in [0.1, 0.15) is 25.7 Å². The summed E-state index contributed by atoms with van der Waals surface area (Å²) in [5, 5.41) is 9.06. The van der Waals surface area contributed by atoms with Gasteiger partial charge in [0.2, 0.25) is 0 Å². The first-order valence-electron chi connectivity index (χ1n) is 6.57. The summed E-state index contributed by atoms with van der Waals surface area (Å²) < 4.78 is 5.26. The van der Waals surface area contributed by atoms with E-state index in [0.717, 1.165) is 25.8 Å². The largest absolute Gasteiger partial charge is 0.396 e. The van der Waals surface area contributed by atoms with Gasteiger partial charge in [0.1, 0.15) is 0 Å². The van der Waals surface area contributed by atoms with E-state index in [4.69, 9.17) is 9.84 Å². The molecule has 2 amide bonds. The second-order valence-electron chi connectivity index (χ2n) is 4.74. The Morgan fingerprint density at radius 2 is 2.00 bits per heavy atom. The van der Waals surface area contributed by atoms with Gasteiger partial charge in [0, 0.05) is 32.3 Å². The Kier molecular flexibility index (Phi) is 4.62. The molecule has 1 unspecified atom stereocenters. The van der Waals surface area contributed by atoms with Gasteiger partial charge in [-0.3, -0.25) is 0 Å². The summed E-state index contributed by atoms with van der Waals surface area (Å²) in [6, 6.07) is 0.357. The molecule has 0 aromatic carbocycles. The molecular weight excluding hydrogens is 220 g/mol. The lowest BCUT2D eigenvalue weighted by Gasteiger charge is -2.40. The van der Waals surface area contributed by atoms with Gasteiger partial charge in [-0.2, -0.15) is 0 Å². The fourth-order valence-electron chi connectivity index (χ4n) is 2.64. The van der Waals surface area contributed by atoms with Crippen LogP contribution in [-0.4, -0.2) is 66.4 Å². The van der Waals surface area contributed by atoms with Gasteiger partial charge in [0.25, 0.3) is 0 Å². The predicted octanol–water partition coefficient (Wildman–Crippen LogP) is 0.675. The number of hydrogen-bond acceptors (Lipinski definition) is 3. The van der Waals surface area contributed by atoms with E-state index >= 15 is 0 Å². The third kappa shape index (κ3) is 3.10. The Bertz CT molecular complexity index is 252. The van der Waals surface area contributed by atoms with Gasteiger partial charge in [-0.15, -0.1) is 0 Å². The molecule has 0 saturated carbocycles. The highest BCUT2D eigenvalue weighted by Gasteiger charge is 2.30. The fraction of sp³-hybridized carbons (Fsp3) is 0.917. The molecule has 17 heavy (non-hydrogen) atoms. The first kappa shape index (κ1) is 12.6. The van der Waals surface area contributed by atoms with Gasteiger partial charge < -0.3 is 19.6 Å². The zero-order valence-corrected chi connectivity index (χ0v) is 10.3. The molecule has 0 aliphatic carbocycles. The molecule has 2 heterocycles. The van der Waals surface area contributed by atoms with Crippen LogP contribution in [0.5, 0.6) is 0 Å². The Balaban J connectivity index is 1.94. The van der Waals surface area contributed by atoms with E-state index in [1.54, 1.807) is 0 Å². The number of hydrogen-bond donors (Lipinski definition) is 1. The smallest absolute Gasteiger partial charge is 0.320 e. The van der Waals surface area contributed by atoms with Crippen molar-refractivity contribution in [2.75, 3.05) is 39.5 Å². The summed E-state index contributed by atoms with van der Waals surface area (Å²) in [4.78, 5) is 16.2. The Morgan fingerprint density at radius 3 is 2.71 bits per heavy atom. The minimum atomic E-state index is 0.131. The number of morpholine rings is 1. The Hall–Kier alpha value is -0.810. The summed E-state index contributed by atoms with van der Waals surface area (Å²) in [5.41, 5.74) is 0. The summed E-state index contributed by atoms with van der Waals surface area (Å²) in [7, 11) is 0. The fourth-order valence-corrected chi connectivity index (χ4v) is 2.64. The minimum Gasteiger partial charge on any atom is -0.396 e. The van der Waals surface area contributed by atoms with E-state index in [9.17, 15) is 4.79 Å². The minimum absolute atomic E-state index is 0.131. The zero-order chi connectivity index (χ0) is 12.1. The van der Waals surface area contributed by atoms with Crippen molar-refractivity contribution < 1.29 is 14.6 Å². The standard InChI is InChI=1S/C12H22N2O3/c15-8-4-11-3-1-2-5-14(11)12(16)13-6-9-17-10-7-13/h11,15H,1-10H2. The molecule has 2 aliphatic heterocycles. The van der Waals surface area contributed by atoms with Crippen LogP contribution in [0.4, 0.5) is 4.79 Å². The average molecular weight is 242 g/mol. The maximum atomic E-state index is 12.4. The van der Waals surface area contributed by atoms with Gasteiger partial charge in [0.15, 0.2) is 0 Å². The molecule has 5 heteroatoms. The molecule has 1 N–H and O–H groups in total. The summed E-state index contributed by atoms with van der Waals surface area (Å²) in [6.45, 7) is 3.68. The maximum absolute atomic E-state index is 12.4. The molecule has 0 aromatic heterocycles. The molecule has 98 valence electrons. The molecule has 2 aliphatic rings. The Morgan fingerprint density at radius 1 is 1.24 bits per heavy atom. The number of aliphatic hydroxyl groups is 1. The van der Waals surface area contributed by atoms with E-state index in [0.29, 0.717) is 32.7 Å². The molecule has 2 saturated heterocycles. The number of nitrogens with zero attached hydrogens (tertiary/aromatic N) is 2. The Labute approximate surface area is 102 Å². The van der Waals surface area contributed by atoms with Crippen LogP contribution in [-0.2, 0) is 4.74 Å². The van der Waals surface area contributed by atoms with E-state index in [2.05, 4.69) is 0 Å². The third-order valence-electron chi connectivity index (χ3n) is 3.62. The van der Waals surface area contributed by atoms with Crippen LogP contribution < -0.4 is 0 Å². The number of ether oxygens (including phenoxy) is 1. The number of amides is 2. The van der Waals surface area contributed by atoms with Crippen molar-refractivity contribution in [3.05, 3.63) is 0 Å². The highest BCUT2D eigenvalue weighted by molar-refractivity contribution is 5.75. The van der Waals surface area contributed by atoms with Gasteiger partial charge in [-0.25, -0.2) is 4.79 Å². The topological polar surface area (TPSA) is 53.0 Å². The van der Waals surface area contributed by atoms with E-state index in [-0.39, 0.29) is 18.7 Å². The van der Waals surface area contributed by atoms with Gasteiger partial charge in [-0.1, -0.05) is 0 Å². The van der Waals surface area contributed by atoms with E-state index in [1.165, 1.54) is 0 Å². The van der Waals surface area contributed by atoms with Gasteiger partial charge in [0.05, 0.1) is 13.2 Å². The molecule has 2 fully saturated rings. The van der Waals surface area contributed by atoms with Crippen LogP contribution in [0.2, 0.25) is 0 Å². The molecule has 0 spiro atoms. The van der Waals surface area contributed by atoms with Crippen LogP contribution in [0, 0.1) is 0 Å². The van der Waals surface area contributed by atoms with E-state index < -0.39 is 0 Å².